The fraction of sp³-hybridized carbons (Fsp3) is 0.133. The predicted molar refractivity (Wildman–Crippen MR) is 84.8 cm³/mol. The highest BCUT2D eigenvalue weighted by atomic mass is 35.5. The molecule has 22 heavy (non-hydrogen) atoms. The second-order valence-corrected chi connectivity index (χ2v) is 6.56. The number of hydrogen-bond donors (Lipinski definition) is 1. The molecule has 116 valence electrons. The smallest absolute Gasteiger partial charge is 0.339 e. The number of carbonyl (C=O) groups excluding carboxylic acids is 1. The van der Waals surface area contributed by atoms with E-state index >= 15 is 0 Å². The molecule has 0 aliphatic rings. The second-order valence-electron chi connectivity index (χ2n) is 4.51. The molecule has 0 fully saturated rings. The normalized spacial score (nSPS) is 11.0. The third-order valence-electron chi connectivity index (χ3n) is 3.09. The van der Waals surface area contributed by atoms with Gasteiger partial charge in [0.25, 0.3) is 10.0 Å². The first-order chi connectivity index (χ1) is 10.4. The average Bonchev–Trinajstić information content (AvgIpc) is 2.51. The van der Waals surface area contributed by atoms with Gasteiger partial charge in [-0.3, -0.25) is 4.72 Å². The van der Waals surface area contributed by atoms with Crippen LogP contribution in [0.2, 0.25) is 5.02 Å². The van der Waals surface area contributed by atoms with E-state index in [4.69, 9.17) is 11.6 Å². The van der Waals surface area contributed by atoms with Crippen molar-refractivity contribution in [1.82, 2.24) is 0 Å². The van der Waals surface area contributed by atoms with Crippen LogP contribution in [0.3, 0.4) is 0 Å². The molecule has 7 heteroatoms. The first kappa shape index (κ1) is 16.3. The number of nitrogens with one attached hydrogen (secondary N) is 1. The van der Waals surface area contributed by atoms with Crippen molar-refractivity contribution in [2.75, 3.05) is 11.8 Å². The van der Waals surface area contributed by atoms with E-state index in [9.17, 15) is 13.2 Å². The summed E-state index contributed by atoms with van der Waals surface area (Å²) in [5.74, 6) is -0.719. The predicted octanol–water partition coefficient (Wildman–Crippen LogP) is 3.24. The third kappa shape index (κ3) is 3.23. The van der Waals surface area contributed by atoms with Gasteiger partial charge in [0.2, 0.25) is 0 Å². The summed E-state index contributed by atoms with van der Waals surface area (Å²) in [6.45, 7) is 1.70. The topological polar surface area (TPSA) is 72.5 Å². The summed E-state index contributed by atoms with van der Waals surface area (Å²) in [5.41, 5.74) is 0.924. The Morgan fingerprint density at radius 1 is 1.14 bits per heavy atom. The van der Waals surface area contributed by atoms with E-state index in [-0.39, 0.29) is 10.5 Å². The van der Waals surface area contributed by atoms with E-state index in [2.05, 4.69) is 9.46 Å². The van der Waals surface area contributed by atoms with Crippen molar-refractivity contribution in [3.63, 3.8) is 0 Å². The molecule has 0 bridgehead atoms. The maximum atomic E-state index is 12.5. The summed E-state index contributed by atoms with van der Waals surface area (Å²) in [4.78, 5) is 11.6. The molecule has 0 unspecified atom stereocenters. The van der Waals surface area contributed by atoms with Gasteiger partial charge < -0.3 is 4.74 Å². The van der Waals surface area contributed by atoms with Gasteiger partial charge in [0.1, 0.15) is 4.90 Å². The molecule has 0 aliphatic heterocycles. The van der Waals surface area contributed by atoms with Gasteiger partial charge in [0.15, 0.2) is 0 Å². The zero-order valence-corrected chi connectivity index (χ0v) is 13.5. The van der Waals surface area contributed by atoms with Gasteiger partial charge >= 0.3 is 5.97 Å². The van der Waals surface area contributed by atoms with E-state index in [1.54, 1.807) is 31.2 Å². The van der Waals surface area contributed by atoms with Crippen LogP contribution in [0.5, 0.6) is 0 Å². The summed E-state index contributed by atoms with van der Waals surface area (Å²) < 4.78 is 32.1. The lowest BCUT2D eigenvalue weighted by atomic mass is 10.2. The van der Waals surface area contributed by atoms with Crippen molar-refractivity contribution in [2.45, 2.75) is 11.8 Å². The monoisotopic (exact) mass is 339 g/mol. The van der Waals surface area contributed by atoms with Gasteiger partial charge in [-0.15, -0.1) is 0 Å². The van der Waals surface area contributed by atoms with Crippen molar-refractivity contribution in [1.29, 1.82) is 0 Å². The highest BCUT2D eigenvalue weighted by Gasteiger charge is 2.23. The highest BCUT2D eigenvalue weighted by molar-refractivity contribution is 7.92. The lowest BCUT2D eigenvalue weighted by molar-refractivity contribution is 0.0596. The first-order valence-electron chi connectivity index (χ1n) is 6.32. The molecule has 2 aromatic carbocycles. The largest absolute Gasteiger partial charge is 0.465 e. The molecule has 0 spiro atoms. The molecule has 2 aromatic rings. The van der Waals surface area contributed by atoms with Crippen molar-refractivity contribution >= 4 is 33.3 Å². The Hall–Kier alpha value is -2.05. The summed E-state index contributed by atoms with van der Waals surface area (Å²) in [5, 5.41) is 0.446. The number of ether oxygens (including phenoxy) is 1. The number of benzene rings is 2. The summed E-state index contributed by atoms with van der Waals surface area (Å²) in [6, 6.07) is 10.7. The van der Waals surface area contributed by atoms with Crippen LogP contribution in [-0.2, 0) is 14.8 Å². The van der Waals surface area contributed by atoms with Crippen LogP contribution in [0.1, 0.15) is 15.9 Å². The van der Waals surface area contributed by atoms with Crippen LogP contribution >= 0.6 is 11.6 Å². The van der Waals surface area contributed by atoms with Crippen LogP contribution in [-0.4, -0.2) is 21.5 Å². The number of anilines is 1. The van der Waals surface area contributed by atoms with Gasteiger partial charge in [-0.2, -0.15) is 0 Å². The lowest BCUT2D eigenvalue weighted by Crippen LogP contribution is -2.18. The summed E-state index contributed by atoms with van der Waals surface area (Å²) in [6.07, 6.45) is 0. The van der Waals surface area contributed by atoms with E-state index in [0.29, 0.717) is 16.3 Å². The Morgan fingerprint density at radius 2 is 1.82 bits per heavy atom. The standard InChI is InChI=1S/C15H14ClNO4S/c1-10-12(16)7-5-8-13(10)17-22(19,20)14-9-4-3-6-11(14)15(18)21-2/h3-9,17H,1-2H3. The number of carbonyl (C=O) groups is 1. The second kappa shape index (κ2) is 6.37. The quantitative estimate of drug-likeness (QED) is 0.868. The fourth-order valence-electron chi connectivity index (χ4n) is 1.90. The minimum atomic E-state index is -3.95. The molecular formula is C15H14ClNO4S. The van der Waals surface area contributed by atoms with Crippen LogP contribution in [0.15, 0.2) is 47.4 Å². The molecule has 2 rings (SSSR count). The number of methoxy groups -OCH3 is 1. The van der Waals surface area contributed by atoms with Gasteiger partial charge in [-0.1, -0.05) is 29.8 Å². The zero-order valence-electron chi connectivity index (χ0n) is 12.0. The van der Waals surface area contributed by atoms with Gasteiger partial charge in [0, 0.05) is 5.02 Å². The molecule has 0 saturated heterocycles. The molecule has 0 aromatic heterocycles. The maximum absolute atomic E-state index is 12.5. The molecule has 0 heterocycles. The summed E-state index contributed by atoms with van der Waals surface area (Å²) >= 11 is 5.98. The molecule has 0 radical (unpaired) electrons. The Labute approximate surface area is 133 Å². The van der Waals surface area contributed by atoms with Gasteiger partial charge in [-0.05, 0) is 36.8 Å². The lowest BCUT2D eigenvalue weighted by Gasteiger charge is -2.13. The Kier molecular flexibility index (Phi) is 4.73. The number of halogens is 1. The van der Waals surface area contributed by atoms with Crippen molar-refractivity contribution < 1.29 is 17.9 Å². The van der Waals surface area contributed by atoms with E-state index in [0.717, 1.165) is 0 Å². The molecule has 1 N–H and O–H groups in total. The van der Waals surface area contributed by atoms with Gasteiger partial charge in [-0.25, -0.2) is 13.2 Å². The molecule has 0 atom stereocenters. The molecule has 0 aliphatic carbocycles. The minimum absolute atomic E-state index is 0.0304. The van der Waals surface area contributed by atoms with Crippen LogP contribution < -0.4 is 4.72 Å². The van der Waals surface area contributed by atoms with Crippen LogP contribution in [0.25, 0.3) is 0 Å². The number of esters is 1. The highest BCUT2D eigenvalue weighted by Crippen LogP contribution is 2.26. The van der Waals surface area contributed by atoms with Crippen molar-refractivity contribution in [3.8, 4) is 0 Å². The Bertz CT molecular complexity index is 818. The van der Waals surface area contributed by atoms with Gasteiger partial charge in [0.05, 0.1) is 18.4 Å². The average molecular weight is 340 g/mol. The molecule has 0 amide bonds. The molecule has 5 nitrogen and oxygen atoms in total. The number of sulfonamides is 1. The zero-order chi connectivity index (χ0) is 16.3. The Balaban J connectivity index is 2.48. The molecular weight excluding hydrogens is 326 g/mol. The van der Waals surface area contributed by atoms with E-state index in [1.807, 2.05) is 0 Å². The summed E-state index contributed by atoms with van der Waals surface area (Å²) in [7, 11) is -2.75. The van der Waals surface area contributed by atoms with Crippen molar-refractivity contribution in [3.05, 3.63) is 58.6 Å². The fourth-order valence-corrected chi connectivity index (χ4v) is 3.39. The number of hydrogen-bond acceptors (Lipinski definition) is 4. The Morgan fingerprint density at radius 3 is 2.50 bits per heavy atom. The minimum Gasteiger partial charge on any atom is -0.465 e. The van der Waals surface area contributed by atoms with E-state index in [1.165, 1.54) is 25.3 Å². The third-order valence-corrected chi connectivity index (χ3v) is 4.93. The van der Waals surface area contributed by atoms with Crippen LogP contribution in [0, 0.1) is 6.92 Å². The SMILES string of the molecule is COC(=O)c1ccccc1S(=O)(=O)Nc1cccc(Cl)c1C. The van der Waals surface area contributed by atoms with Crippen molar-refractivity contribution in [2.24, 2.45) is 0 Å². The number of rotatable bonds is 4. The molecule has 0 saturated carbocycles. The first-order valence-corrected chi connectivity index (χ1v) is 8.18. The maximum Gasteiger partial charge on any atom is 0.339 e. The van der Waals surface area contributed by atoms with E-state index < -0.39 is 16.0 Å². The van der Waals surface area contributed by atoms with Crippen LogP contribution in [0.4, 0.5) is 5.69 Å².